The zero-order chi connectivity index (χ0) is 17.5. The average Bonchev–Trinajstić information content (AvgIpc) is 2.46. The third-order valence-corrected chi connectivity index (χ3v) is 5.13. The number of alkyl halides is 1. The van der Waals surface area contributed by atoms with Crippen LogP contribution >= 0.6 is 11.6 Å². The summed E-state index contributed by atoms with van der Waals surface area (Å²) in [6, 6.07) is 0. The second-order valence-corrected chi connectivity index (χ2v) is 7.86. The van der Waals surface area contributed by atoms with E-state index in [4.69, 9.17) is 11.6 Å². The molecule has 1 rings (SSSR count). The largest absolute Gasteiger partial charge is 0.351 e. The topological polar surface area (TPSA) is 29.1 Å². The molecule has 0 heterocycles. The number of hydrogen-bond donors (Lipinski definition) is 1. The number of rotatable bonds is 10. The van der Waals surface area contributed by atoms with Gasteiger partial charge >= 0.3 is 0 Å². The van der Waals surface area contributed by atoms with Gasteiger partial charge in [-0.1, -0.05) is 37.6 Å². The van der Waals surface area contributed by atoms with Crippen LogP contribution in [0.15, 0.2) is 36.5 Å². The van der Waals surface area contributed by atoms with E-state index in [0.717, 1.165) is 19.3 Å². The van der Waals surface area contributed by atoms with Gasteiger partial charge in [0.15, 0.2) is 0 Å². The fourth-order valence-corrected chi connectivity index (χ4v) is 3.64. The molecule has 0 unspecified atom stereocenters. The van der Waals surface area contributed by atoms with E-state index in [1.807, 2.05) is 6.08 Å². The number of carbonyl (C=O) groups excluding carboxylic acids is 1. The van der Waals surface area contributed by atoms with E-state index in [-0.39, 0.29) is 5.91 Å². The maximum atomic E-state index is 11.4. The molecule has 130 valence electrons. The Balaban J connectivity index is 2.38. The van der Waals surface area contributed by atoms with Crippen LogP contribution in [0.1, 0.15) is 52.9 Å². The van der Waals surface area contributed by atoms with Gasteiger partial charge in [0.25, 0.3) is 0 Å². The number of carbonyl (C=O) groups is 1. The van der Waals surface area contributed by atoms with Gasteiger partial charge in [-0.05, 0) is 62.4 Å². The van der Waals surface area contributed by atoms with E-state index >= 15 is 0 Å². The lowest BCUT2D eigenvalue weighted by molar-refractivity contribution is -0.116. The van der Waals surface area contributed by atoms with Crippen molar-refractivity contribution in [3.05, 3.63) is 36.5 Å². The normalized spacial score (nSPS) is 22.6. The van der Waals surface area contributed by atoms with Gasteiger partial charge in [0.2, 0.25) is 5.91 Å². The summed E-state index contributed by atoms with van der Waals surface area (Å²) in [5.41, 5.74) is 3.02. The molecule has 1 fully saturated rings. The smallest absolute Gasteiger partial charge is 0.243 e. The molecule has 0 aromatic carbocycles. The first kappa shape index (κ1) is 20.0. The van der Waals surface area contributed by atoms with Gasteiger partial charge in [-0.2, -0.15) is 0 Å². The van der Waals surface area contributed by atoms with E-state index in [9.17, 15) is 4.79 Å². The minimum atomic E-state index is -0.0691. The summed E-state index contributed by atoms with van der Waals surface area (Å²) >= 11 is 5.53. The first-order chi connectivity index (χ1) is 10.8. The SMILES string of the molecule is C=C(C)CC[C@@H]1[C@H](C(=C)CC/C=C/C(=O)NCCCl)CC1(C)C. The van der Waals surface area contributed by atoms with E-state index < -0.39 is 0 Å². The Morgan fingerprint density at radius 1 is 1.35 bits per heavy atom. The van der Waals surface area contributed by atoms with Gasteiger partial charge in [-0.3, -0.25) is 4.79 Å². The Morgan fingerprint density at radius 2 is 2.04 bits per heavy atom. The molecule has 0 spiro atoms. The van der Waals surface area contributed by atoms with Crippen molar-refractivity contribution in [3.63, 3.8) is 0 Å². The highest BCUT2D eigenvalue weighted by Crippen LogP contribution is 2.56. The van der Waals surface area contributed by atoms with Crippen molar-refractivity contribution >= 4 is 17.5 Å². The molecule has 0 aromatic heterocycles. The fourth-order valence-electron chi connectivity index (χ4n) is 3.54. The molecular formula is C20H32ClNO. The first-order valence-corrected chi connectivity index (χ1v) is 9.13. The molecule has 0 saturated heterocycles. The van der Waals surface area contributed by atoms with Gasteiger partial charge in [-0.15, -0.1) is 18.2 Å². The van der Waals surface area contributed by atoms with Crippen LogP contribution in [0.3, 0.4) is 0 Å². The quantitative estimate of drug-likeness (QED) is 0.329. The molecule has 1 N–H and O–H groups in total. The molecule has 1 saturated carbocycles. The standard InChI is InChI=1S/C20H32ClNO/c1-15(2)10-11-18-17(14-20(18,4)5)16(3)8-6-7-9-19(23)22-13-12-21/h7,9,17-18H,1,3,6,8,10-14H2,2,4-5H3,(H,22,23)/b9-7+/t17-,18+/m0/s1. The van der Waals surface area contributed by atoms with Crippen LogP contribution in [0.5, 0.6) is 0 Å². The van der Waals surface area contributed by atoms with Crippen molar-refractivity contribution in [3.8, 4) is 0 Å². The van der Waals surface area contributed by atoms with Crippen molar-refractivity contribution in [2.45, 2.75) is 52.9 Å². The van der Waals surface area contributed by atoms with Crippen LogP contribution in [0.2, 0.25) is 0 Å². The van der Waals surface area contributed by atoms with Gasteiger partial charge in [-0.25, -0.2) is 0 Å². The summed E-state index contributed by atoms with van der Waals surface area (Å²) in [7, 11) is 0. The van der Waals surface area contributed by atoms with Gasteiger partial charge in [0.05, 0.1) is 0 Å². The Labute approximate surface area is 147 Å². The zero-order valence-corrected chi connectivity index (χ0v) is 15.7. The maximum Gasteiger partial charge on any atom is 0.243 e. The van der Waals surface area contributed by atoms with Crippen molar-refractivity contribution in [2.24, 2.45) is 17.3 Å². The number of halogens is 1. The summed E-state index contributed by atoms with van der Waals surface area (Å²) in [5, 5.41) is 2.72. The lowest BCUT2D eigenvalue weighted by Crippen LogP contribution is -2.44. The molecule has 1 aliphatic rings. The van der Waals surface area contributed by atoms with E-state index in [2.05, 4.69) is 39.2 Å². The second-order valence-electron chi connectivity index (χ2n) is 7.48. The Bertz CT molecular complexity index is 464. The number of nitrogens with one attached hydrogen (secondary N) is 1. The highest BCUT2D eigenvalue weighted by Gasteiger charge is 2.47. The summed E-state index contributed by atoms with van der Waals surface area (Å²) in [6.45, 7) is 15.7. The van der Waals surface area contributed by atoms with Gasteiger partial charge in [0, 0.05) is 12.4 Å². The molecule has 0 bridgehead atoms. The second kappa shape index (κ2) is 9.32. The molecule has 2 nitrogen and oxygen atoms in total. The lowest BCUT2D eigenvalue weighted by Gasteiger charge is -2.53. The molecule has 0 aromatic rings. The average molecular weight is 338 g/mol. The Kier molecular flexibility index (Phi) is 8.11. The summed E-state index contributed by atoms with van der Waals surface area (Å²) in [5.74, 6) is 1.71. The van der Waals surface area contributed by atoms with Gasteiger partial charge in [0.1, 0.15) is 0 Å². The highest BCUT2D eigenvalue weighted by molar-refractivity contribution is 6.18. The summed E-state index contributed by atoms with van der Waals surface area (Å²) in [4.78, 5) is 11.4. The Hall–Kier alpha value is -1.02. The molecule has 1 amide bonds. The predicted molar refractivity (Wildman–Crippen MR) is 101 cm³/mol. The molecule has 23 heavy (non-hydrogen) atoms. The number of hydrogen-bond acceptors (Lipinski definition) is 1. The van der Waals surface area contributed by atoms with Crippen molar-refractivity contribution in [1.82, 2.24) is 5.32 Å². The number of amides is 1. The zero-order valence-electron chi connectivity index (χ0n) is 15.0. The van der Waals surface area contributed by atoms with E-state index in [1.54, 1.807) is 6.08 Å². The third-order valence-electron chi connectivity index (χ3n) is 4.94. The lowest BCUT2D eigenvalue weighted by atomic mass is 9.52. The van der Waals surface area contributed by atoms with Crippen LogP contribution < -0.4 is 5.32 Å². The number of allylic oxidation sites excluding steroid dienone is 3. The molecule has 3 heteroatoms. The highest BCUT2D eigenvalue weighted by atomic mass is 35.5. The van der Waals surface area contributed by atoms with Crippen LogP contribution in [0, 0.1) is 17.3 Å². The predicted octanol–water partition coefficient (Wildman–Crippen LogP) is 5.25. The van der Waals surface area contributed by atoms with Crippen molar-refractivity contribution in [1.29, 1.82) is 0 Å². The molecule has 0 aliphatic heterocycles. The monoisotopic (exact) mass is 337 g/mol. The molecule has 0 radical (unpaired) electrons. The van der Waals surface area contributed by atoms with E-state index in [1.165, 1.54) is 24.0 Å². The third kappa shape index (κ3) is 6.55. The van der Waals surface area contributed by atoms with Crippen LogP contribution in [0.25, 0.3) is 0 Å². The molecule has 2 atom stereocenters. The van der Waals surface area contributed by atoms with Gasteiger partial charge < -0.3 is 5.32 Å². The molecule has 1 aliphatic carbocycles. The van der Waals surface area contributed by atoms with Crippen LogP contribution in [-0.4, -0.2) is 18.3 Å². The minimum Gasteiger partial charge on any atom is -0.351 e. The van der Waals surface area contributed by atoms with Crippen molar-refractivity contribution < 1.29 is 4.79 Å². The summed E-state index contributed by atoms with van der Waals surface area (Å²) in [6.07, 6.45) is 8.92. The Morgan fingerprint density at radius 3 is 2.61 bits per heavy atom. The first-order valence-electron chi connectivity index (χ1n) is 8.60. The fraction of sp³-hybridized carbons (Fsp3) is 0.650. The minimum absolute atomic E-state index is 0.0691. The van der Waals surface area contributed by atoms with Crippen LogP contribution in [-0.2, 0) is 4.79 Å². The van der Waals surface area contributed by atoms with Crippen LogP contribution in [0.4, 0.5) is 0 Å². The molecular weight excluding hydrogens is 306 g/mol. The van der Waals surface area contributed by atoms with E-state index in [0.29, 0.717) is 29.7 Å². The maximum absolute atomic E-state index is 11.4. The summed E-state index contributed by atoms with van der Waals surface area (Å²) < 4.78 is 0. The van der Waals surface area contributed by atoms with Crippen molar-refractivity contribution in [2.75, 3.05) is 12.4 Å².